The second kappa shape index (κ2) is 6.61. The van der Waals surface area contributed by atoms with E-state index in [4.69, 9.17) is 11.6 Å². The predicted molar refractivity (Wildman–Crippen MR) is 92.0 cm³/mol. The topological polar surface area (TPSA) is 66.4 Å². The molecule has 0 amide bonds. The van der Waals surface area contributed by atoms with Crippen LogP contribution in [-0.2, 0) is 10.0 Å². The number of halogens is 1. The van der Waals surface area contributed by atoms with Crippen molar-refractivity contribution >= 4 is 21.6 Å². The molecule has 6 heteroatoms. The van der Waals surface area contributed by atoms with Gasteiger partial charge in [-0.25, -0.2) is 13.1 Å². The number of rotatable bonds is 4. The summed E-state index contributed by atoms with van der Waals surface area (Å²) in [4.78, 5) is 0.166. The highest BCUT2D eigenvalue weighted by molar-refractivity contribution is 7.89. The third kappa shape index (κ3) is 4.78. The molecule has 2 aromatic rings. The first-order valence-electron chi connectivity index (χ1n) is 7.16. The van der Waals surface area contributed by atoms with Crippen molar-refractivity contribution in [2.75, 3.05) is 0 Å². The molecule has 0 saturated heterocycles. The van der Waals surface area contributed by atoms with Crippen molar-refractivity contribution in [2.24, 2.45) is 0 Å². The maximum Gasteiger partial charge on any atom is 0.241 e. The van der Waals surface area contributed by atoms with E-state index < -0.39 is 21.7 Å². The molecule has 2 N–H and O–H groups in total. The normalized spacial score (nSPS) is 13.8. The molecule has 2 aromatic carbocycles. The zero-order chi connectivity index (χ0) is 17.3. The van der Waals surface area contributed by atoms with Gasteiger partial charge in [-0.2, -0.15) is 0 Å². The third-order valence-electron chi connectivity index (χ3n) is 3.13. The summed E-state index contributed by atoms with van der Waals surface area (Å²) >= 11 is 5.83. The van der Waals surface area contributed by atoms with E-state index in [0.717, 1.165) is 0 Å². The summed E-state index contributed by atoms with van der Waals surface area (Å²) in [5, 5.41) is 10.9. The van der Waals surface area contributed by atoms with Crippen molar-refractivity contribution in [2.45, 2.75) is 37.3 Å². The number of hydrogen-bond acceptors (Lipinski definition) is 3. The summed E-state index contributed by atoms with van der Waals surface area (Å²) in [6.07, 6.45) is -0.834. The standard InChI is InChI=1S/C17H20ClNO3S/c1-17(2,3)19-23(21,22)15-10-6-13(7-11-15)16(20)12-4-8-14(18)9-5-12/h4-11,16,19-20H,1-3H3. The van der Waals surface area contributed by atoms with Gasteiger partial charge in [-0.1, -0.05) is 35.9 Å². The van der Waals surface area contributed by atoms with Gasteiger partial charge in [-0.05, 0) is 56.2 Å². The van der Waals surface area contributed by atoms with Gasteiger partial charge < -0.3 is 5.11 Å². The molecule has 1 unspecified atom stereocenters. The number of aliphatic hydroxyl groups is 1. The molecule has 0 radical (unpaired) electrons. The molecule has 0 aliphatic rings. The highest BCUT2D eigenvalue weighted by Crippen LogP contribution is 2.24. The Morgan fingerprint density at radius 1 is 0.957 bits per heavy atom. The van der Waals surface area contributed by atoms with E-state index in [1.165, 1.54) is 12.1 Å². The molecule has 0 aliphatic carbocycles. The van der Waals surface area contributed by atoms with Crippen LogP contribution in [0, 0.1) is 0 Å². The Hall–Kier alpha value is -1.40. The van der Waals surface area contributed by atoms with Gasteiger partial charge in [0.15, 0.2) is 0 Å². The average Bonchev–Trinajstić information content (AvgIpc) is 2.45. The number of nitrogens with one attached hydrogen (secondary N) is 1. The molecule has 0 heterocycles. The minimum atomic E-state index is -3.58. The van der Waals surface area contributed by atoms with Crippen molar-refractivity contribution in [3.05, 3.63) is 64.7 Å². The second-order valence-electron chi connectivity index (χ2n) is 6.38. The first-order chi connectivity index (χ1) is 10.6. The average molecular weight is 354 g/mol. The van der Waals surface area contributed by atoms with E-state index >= 15 is 0 Å². The monoisotopic (exact) mass is 353 g/mol. The molecule has 0 saturated carbocycles. The zero-order valence-electron chi connectivity index (χ0n) is 13.2. The van der Waals surface area contributed by atoms with Crippen LogP contribution in [0.4, 0.5) is 0 Å². The SMILES string of the molecule is CC(C)(C)NS(=O)(=O)c1ccc(C(O)c2ccc(Cl)cc2)cc1. The van der Waals surface area contributed by atoms with Crippen LogP contribution >= 0.6 is 11.6 Å². The fraction of sp³-hybridized carbons (Fsp3) is 0.294. The van der Waals surface area contributed by atoms with Crippen LogP contribution in [0.3, 0.4) is 0 Å². The minimum absolute atomic E-state index is 0.166. The van der Waals surface area contributed by atoms with Crippen molar-refractivity contribution in [1.29, 1.82) is 0 Å². The van der Waals surface area contributed by atoms with Gasteiger partial charge in [-0.3, -0.25) is 0 Å². The quantitative estimate of drug-likeness (QED) is 0.884. The Balaban J connectivity index is 2.24. The molecule has 0 aromatic heterocycles. The van der Waals surface area contributed by atoms with Gasteiger partial charge in [0.2, 0.25) is 10.0 Å². The molecule has 124 valence electrons. The Kier molecular flexibility index (Phi) is 5.16. The lowest BCUT2D eigenvalue weighted by Gasteiger charge is -2.20. The molecule has 0 aliphatic heterocycles. The van der Waals surface area contributed by atoms with E-state index in [9.17, 15) is 13.5 Å². The second-order valence-corrected chi connectivity index (χ2v) is 8.50. The van der Waals surface area contributed by atoms with Crippen molar-refractivity contribution in [1.82, 2.24) is 4.72 Å². The van der Waals surface area contributed by atoms with Crippen LogP contribution in [0.25, 0.3) is 0 Å². The molecular formula is C17H20ClNO3S. The van der Waals surface area contributed by atoms with Crippen molar-refractivity contribution in [3.8, 4) is 0 Å². The predicted octanol–water partition coefficient (Wildman–Crippen LogP) is 3.50. The molecular weight excluding hydrogens is 334 g/mol. The van der Waals surface area contributed by atoms with Crippen LogP contribution in [0.15, 0.2) is 53.4 Å². The molecule has 0 fully saturated rings. The first-order valence-corrected chi connectivity index (χ1v) is 9.02. The lowest BCUT2D eigenvalue weighted by molar-refractivity contribution is 0.220. The smallest absolute Gasteiger partial charge is 0.241 e. The van der Waals surface area contributed by atoms with Crippen molar-refractivity contribution < 1.29 is 13.5 Å². The molecule has 0 spiro atoms. The van der Waals surface area contributed by atoms with Crippen molar-refractivity contribution in [3.63, 3.8) is 0 Å². The molecule has 4 nitrogen and oxygen atoms in total. The van der Waals surface area contributed by atoms with E-state index in [2.05, 4.69) is 4.72 Å². The molecule has 2 rings (SSSR count). The Morgan fingerprint density at radius 2 is 1.39 bits per heavy atom. The van der Waals surface area contributed by atoms with Crippen LogP contribution in [-0.4, -0.2) is 19.1 Å². The van der Waals surface area contributed by atoms with Gasteiger partial charge >= 0.3 is 0 Å². The van der Waals surface area contributed by atoms with Gasteiger partial charge in [0.1, 0.15) is 6.10 Å². The zero-order valence-corrected chi connectivity index (χ0v) is 14.8. The number of aliphatic hydroxyl groups excluding tert-OH is 1. The minimum Gasteiger partial charge on any atom is -0.384 e. The summed E-state index contributed by atoms with van der Waals surface area (Å²) in [6, 6.07) is 13.1. The summed E-state index contributed by atoms with van der Waals surface area (Å²) in [5.41, 5.74) is 0.750. The fourth-order valence-corrected chi connectivity index (χ4v) is 3.67. The Bertz CT molecular complexity index is 763. The molecule has 23 heavy (non-hydrogen) atoms. The number of hydrogen-bond donors (Lipinski definition) is 2. The highest BCUT2D eigenvalue weighted by Gasteiger charge is 2.22. The fourth-order valence-electron chi connectivity index (χ4n) is 2.13. The first kappa shape index (κ1) is 17.9. The Morgan fingerprint density at radius 3 is 1.83 bits per heavy atom. The highest BCUT2D eigenvalue weighted by atomic mass is 35.5. The Labute approximate surface area is 142 Å². The number of benzene rings is 2. The van der Waals surface area contributed by atoms with E-state index in [1.807, 2.05) is 0 Å². The van der Waals surface area contributed by atoms with Gasteiger partial charge in [0.25, 0.3) is 0 Å². The van der Waals surface area contributed by atoms with Gasteiger partial charge in [0, 0.05) is 10.6 Å². The summed E-state index contributed by atoms with van der Waals surface area (Å²) in [5.74, 6) is 0. The molecule has 1 atom stereocenters. The third-order valence-corrected chi connectivity index (χ3v) is 5.16. The summed E-state index contributed by atoms with van der Waals surface area (Å²) in [6.45, 7) is 5.34. The van der Waals surface area contributed by atoms with Gasteiger partial charge in [-0.15, -0.1) is 0 Å². The van der Waals surface area contributed by atoms with Crippen LogP contribution in [0.2, 0.25) is 5.02 Å². The largest absolute Gasteiger partial charge is 0.384 e. The lowest BCUT2D eigenvalue weighted by Crippen LogP contribution is -2.40. The maximum atomic E-state index is 12.2. The lowest BCUT2D eigenvalue weighted by atomic mass is 10.0. The number of sulfonamides is 1. The van der Waals surface area contributed by atoms with Crippen LogP contribution in [0.5, 0.6) is 0 Å². The van der Waals surface area contributed by atoms with E-state index in [-0.39, 0.29) is 4.90 Å². The van der Waals surface area contributed by atoms with Crippen LogP contribution in [0.1, 0.15) is 38.0 Å². The summed E-state index contributed by atoms with van der Waals surface area (Å²) < 4.78 is 27.1. The van der Waals surface area contributed by atoms with Crippen LogP contribution < -0.4 is 4.72 Å². The molecule has 0 bridgehead atoms. The van der Waals surface area contributed by atoms with Gasteiger partial charge in [0.05, 0.1) is 4.90 Å². The van der Waals surface area contributed by atoms with E-state index in [0.29, 0.717) is 16.1 Å². The maximum absolute atomic E-state index is 12.2. The van der Waals surface area contributed by atoms with E-state index in [1.54, 1.807) is 57.2 Å². The summed E-state index contributed by atoms with van der Waals surface area (Å²) in [7, 11) is -3.58.